The summed E-state index contributed by atoms with van der Waals surface area (Å²) < 4.78 is 70.8. The molecule has 0 saturated heterocycles. The highest BCUT2D eigenvalue weighted by molar-refractivity contribution is 7.90. The van der Waals surface area contributed by atoms with Crippen LogP contribution in [0.15, 0.2) is 84.0 Å². The smallest absolute Gasteiger partial charge is 0.441 e. The van der Waals surface area contributed by atoms with Gasteiger partial charge in [-0.1, -0.05) is 12.1 Å². The van der Waals surface area contributed by atoms with Crippen LogP contribution in [0.4, 0.5) is 23.7 Å². The largest absolute Gasteiger partial charge is 0.573 e. The van der Waals surface area contributed by atoms with Crippen LogP contribution in [0, 0.1) is 0 Å². The lowest BCUT2D eigenvalue weighted by Crippen LogP contribution is -2.17. The molecular formula is C25H21F3N4O5S. The number of carbonyl (C=O) groups is 1. The molecule has 13 heteroatoms. The van der Waals surface area contributed by atoms with E-state index in [2.05, 4.69) is 20.1 Å². The molecule has 0 bridgehead atoms. The summed E-state index contributed by atoms with van der Waals surface area (Å²) >= 11 is 0. The molecule has 1 N–H and O–H groups in total. The Kier molecular flexibility index (Phi) is 7.39. The highest BCUT2D eigenvalue weighted by Crippen LogP contribution is 2.25. The second kappa shape index (κ2) is 10.5. The van der Waals surface area contributed by atoms with Crippen LogP contribution in [0.1, 0.15) is 18.6 Å². The summed E-state index contributed by atoms with van der Waals surface area (Å²) in [5.74, 6) is 0.0170. The summed E-state index contributed by atoms with van der Waals surface area (Å²) in [6.07, 6.45) is -3.56. The number of sulfone groups is 1. The summed E-state index contributed by atoms with van der Waals surface area (Å²) in [7, 11) is -3.32. The Bertz CT molecular complexity index is 1520. The van der Waals surface area contributed by atoms with E-state index in [1.54, 1.807) is 43.3 Å². The molecular weight excluding hydrogens is 525 g/mol. The quantitative estimate of drug-likeness (QED) is 0.324. The minimum Gasteiger partial charge on any atom is -0.441 e. The van der Waals surface area contributed by atoms with Crippen molar-refractivity contribution in [2.45, 2.75) is 24.3 Å². The van der Waals surface area contributed by atoms with Gasteiger partial charge in [0.15, 0.2) is 15.7 Å². The molecule has 9 nitrogen and oxygen atoms in total. The topological polar surface area (TPSA) is 112 Å². The Morgan fingerprint density at radius 2 is 1.61 bits per heavy atom. The van der Waals surface area contributed by atoms with Crippen LogP contribution in [-0.4, -0.2) is 41.9 Å². The molecule has 1 atom stereocenters. The predicted octanol–water partition coefficient (Wildman–Crippen LogP) is 5.55. The van der Waals surface area contributed by atoms with E-state index in [-0.39, 0.29) is 10.6 Å². The average Bonchev–Trinajstić information content (AvgIpc) is 3.34. The van der Waals surface area contributed by atoms with Crippen molar-refractivity contribution < 1.29 is 35.9 Å². The van der Waals surface area contributed by atoms with Gasteiger partial charge in [-0.25, -0.2) is 22.9 Å². The maximum atomic E-state index is 12.3. The number of amides is 1. The van der Waals surface area contributed by atoms with Gasteiger partial charge in [0.1, 0.15) is 18.2 Å². The van der Waals surface area contributed by atoms with E-state index in [0.29, 0.717) is 28.3 Å². The molecule has 0 fully saturated rings. The minimum atomic E-state index is -4.77. The number of nitrogens with one attached hydrogen (secondary N) is 1. The number of hydrogen-bond donors (Lipinski definition) is 1. The van der Waals surface area contributed by atoms with E-state index in [9.17, 15) is 26.4 Å². The third-order valence-corrected chi connectivity index (χ3v) is 6.41. The van der Waals surface area contributed by atoms with Gasteiger partial charge in [0, 0.05) is 17.5 Å². The van der Waals surface area contributed by atoms with Gasteiger partial charge in [-0.2, -0.15) is 0 Å². The molecule has 1 heterocycles. The van der Waals surface area contributed by atoms with E-state index in [1.807, 2.05) is 0 Å². The van der Waals surface area contributed by atoms with Crippen LogP contribution in [0.2, 0.25) is 0 Å². The Morgan fingerprint density at radius 1 is 0.974 bits per heavy atom. The van der Waals surface area contributed by atoms with Crippen molar-refractivity contribution in [3.8, 4) is 22.8 Å². The van der Waals surface area contributed by atoms with Crippen LogP contribution in [0.5, 0.6) is 5.75 Å². The fourth-order valence-electron chi connectivity index (χ4n) is 3.38. The van der Waals surface area contributed by atoms with Crippen LogP contribution in [-0.2, 0) is 14.6 Å². The molecule has 4 rings (SSSR count). The first-order valence-corrected chi connectivity index (χ1v) is 12.9. The van der Waals surface area contributed by atoms with E-state index >= 15 is 0 Å². The van der Waals surface area contributed by atoms with Gasteiger partial charge in [-0.15, -0.1) is 18.3 Å². The van der Waals surface area contributed by atoms with E-state index in [1.165, 1.54) is 47.4 Å². The third kappa shape index (κ3) is 6.88. The molecule has 1 aromatic heterocycles. The van der Waals surface area contributed by atoms with Crippen LogP contribution in [0.25, 0.3) is 17.1 Å². The molecule has 0 aliphatic heterocycles. The summed E-state index contributed by atoms with van der Waals surface area (Å²) in [5.41, 5.74) is 2.21. The standard InChI is InChI=1S/C25H21F3N4O5S/c1-16(17-5-13-22(14-6-17)38(2,34)35)36-24(33)30-19-7-3-18(4-8-19)23-29-15-32(31-23)20-9-11-21(12-10-20)37-25(26,27)28/h3-16H,1-2H3,(H,30,33). The van der Waals surface area contributed by atoms with Gasteiger partial charge in [-0.05, 0) is 73.2 Å². The Labute approximate surface area is 215 Å². The lowest BCUT2D eigenvalue weighted by atomic mass is 10.1. The zero-order valence-corrected chi connectivity index (χ0v) is 20.8. The third-order valence-electron chi connectivity index (χ3n) is 5.28. The molecule has 0 radical (unpaired) electrons. The van der Waals surface area contributed by atoms with Crippen LogP contribution < -0.4 is 10.1 Å². The number of rotatable bonds is 7. The highest BCUT2D eigenvalue weighted by atomic mass is 32.2. The van der Waals surface area contributed by atoms with Gasteiger partial charge < -0.3 is 9.47 Å². The molecule has 1 unspecified atom stereocenters. The summed E-state index contributed by atoms with van der Waals surface area (Å²) in [6.45, 7) is 1.66. The molecule has 38 heavy (non-hydrogen) atoms. The van der Waals surface area contributed by atoms with Gasteiger partial charge in [0.2, 0.25) is 0 Å². The predicted molar refractivity (Wildman–Crippen MR) is 132 cm³/mol. The SMILES string of the molecule is CC(OC(=O)Nc1ccc(-c2ncn(-c3ccc(OC(F)(F)F)cc3)n2)cc1)c1ccc(S(C)(=O)=O)cc1. The number of nitrogens with zero attached hydrogens (tertiary/aromatic N) is 3. The number of benzene rings is 3. The summed E-state index contributed by atoms with van der Waals surface area (Å²) in [5, 5.41) is 6.95. The molecule has 0 aliphatic carbocycles. The molecule has 0 spiro atoms. The molecule has 4 aromatic rings. The monoisotopic (exact) mass is 546 g/mol. The molecule has 0 saturated carbocycles. The zero-order chi connectivity index (χ0) is 27.5. The maximum absolute atomic E-state index is 12.3. The van der Waals surface area contributed by atoms with Gasteiger partial charge in [-0.3, -0.25) is 5.32 Å². The Morgan fingerprint density at radius 3 is 2.18 bits per heavy atom. The van der Waals surface area contributed by atoms with E-state index in [4.69, 9.17) is 4.74 Å². The number of anilines is 1. The molecule has 198 valence electrons. The summed E-state index contributed by atoms with van der Waals surface area (Å²) in [6, 6.07) is 17.9. The lowest BCUT2D eigenvalue weighted by molar-refractivity contribution is -0.274. The van der Waals surface area contributed by atoms with Crippen molar-refractivity contribution >= 4 is 21.6 Å². The van der Waals surface area contributed by atoms with Gasteiger partial charge in [0.05, 0.1) is 10.6 Å². The number of hydrogen-bond acceptors (Lipinski definition) is 7. The van der Waals surface area contributed by atoms with Crippen molar-refractivity contribution in [3.63, 3.8) is 0 Å². The number of ether oxygens (including phenoxy) is 2. The zero-order valence-electron chi connectivity index (χ0n) is 20.0. The van der Waals surface area contributed by atoms with E-state index < -0.39 is 28.4 Å². The van der Waals surface area contributed by atoms with Crippen molar-refractivity contribution in [1.29, 1.82) is 0 Å². The summed E-state index contributed by atoms with van der Waals surface area (Å²) in [4.78, 5) is 16.7. The Hall–Kier alpha value is -4.39. The van der Waals surface area contributed by atoms with Crippen molar-refractivity contribution in [1.82, 2.24) is 14.8 Å². The fraction of sp³-hybridized carbons (Fsp3) is 0.160. The number of carbonyl (C=O) groups excluding carboxylic acids is 1. The fourth-order valence-corrected chi connectivity index (χ4v) is 4.02. The van der Waals surface area contributed by atoms with Crippen LogP contribution in [0.3, 0.4) is 0 Å². The van der Waals surface area contributed by atoms with Crippen molar-refractivity contribution in [2.24, 2.45) is 0 Å². The number of alkyl halides is 3. The van der Waals surface area contributed by atoms with E-state index in [0.717, 1.165) is 6.26 Å². The first-order valence-electron chi connectivity index (χ1n) is 11.0. The first kappa shape index (κ1) is 26.7. The second-order valence-electron chi connectivity index (χ2n) is 8.15. The lowest BCUT2D eigenvalue weighted by Gasteiger charge is -2.14. The Balaban J connectivity index is 1.35. The van der Waals surface area contributed by atoms with Gasteiger partial charge >= 0.3 is 12.5 Å². The normalized spacial score (nSPS) is 12.6. The van der Waals surface area contributed by atoms with Crippen molar-refractivity contribution in [2.75, 3.05) is 11.6 Å². The van der Waals surface area contributed by atoms with Gasteiger partial charge in [0.25, 0.3) is 0 Å². The molecule has 3 aromatic carbocycles. The molecule has 1 amide bonds. The molecule has 0 aliphatic rings. The average molecular weight is 547 g/mol. The number of aromatic nitrogens is 3. The first-order chi connectivity index (χ1) is 17.9. The second-order valence-corrected chi connectivity index (χ2v) is 10.2. The maximum Gasteiger partial charge on any atom is 0.573 e. The van der Waals surface area contributed by atoms with Crippen LogP contribution >= 0.6 is 0 Å². The minimum absolute atomic E-state index is 0.172. The highest BCUT2D eigenvalue weighted by Gasteiger charge is 2.31. The van der Waals surface area contributed by atoms with Crippen molar-refractivity contribution in [3.05, 3.63) is 84.7 Å². The number of halogens is 3.